The highest BCUT2D eigenvalue weighted by molar-refractivity contribution is 5.78. The fourth-order valence-corrected chi connectivity index (χ4v) is 2.88. The van der Waals surface area contributed by atoms with Crippen molar-refractivity contribution in [2.75, 3.05) is 0 Å². The second-order valence-electron chi connectivity index (χ2n) is 5.95. The van der Waals surface area contributed by atoms with Crippen LogP contribution in [0.4, 0.5) is 0 Å². The van der Waals surface area contributed by atoms with Gasteiger partial charge in [-0.25, -0.2) is 4.98 Å². The van der Waals surface area contributed by atoms with Gasteiger partial charge in [0.1, 0.15) is 5.82 Å². The number of imidazole rings is 1. The lowest BCUT2D eigenvalue weighted by molar-refractivity contribution is 0.655. The maximum atomic E-state index is 4.90. The van der Waals surface area contributed by atoms with Gasteiger partial charge >= 0.3 is 0 Å². The van der Waals surface area contributed by atoms with Crippen molar-refractivity contribution in [3.8, 4) is 22.5 Å². The molecule has 0 saturated heterocycles. The Hall–Kier alpha value is -2.35. The Kier molecular flexibility index (Phi) is 5.25. The SMILES string of the molecule is CCCCCCc1nc(-c2ccccc2)c(-c2ccccc2)[nH]1. The molecule has 1 heterocycles. The van der Waals surface area contributed by atoms with E-state index in [1.54, 1.807) is 0 Å². The molecule has 1 N–H and O–H groups in total. The van der Waals surface area contributed by atoms with Crippen LogP contribution in [0, 0.1) is 0 Å². The van der Waals surface area contributed by atoms with Crippen LogP contribution in [0.2, 0.25) is 0 Å². The van der Waals surface area contributed by atoms with Crippen molar-refractivity contribution in [3.63, 3.8) is 0 Å². The molecular formula is C21H24N2. The zero-order valence-corrected chi connectivity index (χ0v) is 13.8. The van der Waals surface area contributed by atoms with Gasteiger partial charge < -0.3 is 4.98 Å². The third-order valence-electron chi connectivity index (χ3n) is 4.13. The number of nitrogens with one attached hydrogen (secondary N) is 1. The second-order valence-corrected chi connectivity index (χ2v) is 5.95. The van der Waals surface area contributed by atoms with Gasteiger partial charge in [0, 0.05) is 17.5 Å². The second kappa shape index (κ2) is 7.77. The first-order chi connectivity index (χ1) is 11.4. The molecule has 0 aliphatic rings. The Morgan fingerprint density at radius 2 is 1.43 bits per heavy atom. The summed E-state index contributed by atoms with van der Waals surface area (Å²) in [7, 11) is 0. The maximum Gasteiger partial charge on any atom is 0.107 e. The molecule has 3 rings (SSSR count). The summed E-state index contributed by atoms with van der Waals surface area (Å²) in [5, 5.41) is 0. The van der Waals surface area contributed by atoms with Crippen LogP contribution in [0.3, 0.4) is 0 Å². The van der Waals surface area contributed by atoms with Crippen molar-refractivity contribution >= 4 is 0 Å². The number of aromatic nitrogens is 2. The summed E-state index contributed by atoms with van der Waals surface area (Å²) in [4.78, 5) is 8.46. The summed E-state index contributed by atoms with van der Waals surface area (Å²) in [6, 6.07) is 20.9. The van der Waals surface area contributed by atoms with Crippen LogP contribution in [0.5, 0.6) is 0 Å². The monoisotopic (exact) mass is 304 g/mol. The van der Waals surface area contributed by atoms with Gasteiger partial charge in [-0.15, -0.1) is 0 Å². The number of hydrogen-bond donors (Lipinski definition) is 1. The normalized spacial score (nSPS) is 10.8. The first-order valence-electron chi connectivity index (χ1n) is 8.58. The molecule has 2 aromatic carbocycles. The standard InChI is InChI=1S/C21H24N2/c1-2-3-4-11-16-19-22-20(17-12-7-5-8-13-17)21(23-19)18-14-9-6-10-15-18/h5-10,12-15H,2-4,11,16H2,1H3,(H,22,23). The quantitative estimate of drug-likeness (QED) is 0.544. The summed E-state index contributed by atoms with van der Waals surface area (Å²) < 4.78 is 0. The Morgan fingerprint density at radius 3 is 2.09 bits per heavy atom. The number of benzene rings is 2. The van der Waals surface area contributed by atoms with E-state index in [9.17, 15) is 0 Å². The number of aryl methyl sites for hydroxylation is 1. The van der Waals surface area contributed by atoms with Crippen molar-refractivity contribution in [2.24, 2.45) is 0 Å². The zero-order valence-electron chi connectivity index (χ0n) is 13.8. The van der Waals surface area contributed by atoms with E-state index in [0.717, 1.165) is 23.6 Å². The molecule has 0 bridgehead atoms. The summed E-state index contributed by atoms with van der Waals surface area (Å²) in [5.41, 5.74) is 4.55. The molecule has 3 aromatic rings. The van der Waals surface area contributed by atoms with Gasteiger partial charge in [0.15, 0.2) is 0 Å². The van der Waals surface area contributed by atoms with Gasteiger partial charge in [-0.1, -0.05) is 86.8 Å². The lowest BCUT2D eigenvalue weighted by Crippen LogP contribution is -1.88. The van der Waals surface area contributed by atoms with Crippen LogP contribution < -0.4 is 0 Å². The molecule has 0 amide bonds. The first-order valence-corrected chi connectivity index (χ1v) is 8.58. The molecule has 0 saturated carbocycles. The Morgan fingerprint density at radius 1 is 0.783 bits per heavy atom. The highest BCUT2D eigenvalue weighted by Crippen LogP contribution is 2.30. The smallest absolute Gasteiger partial charge is 0.107 e. The van der Waals surface area contributed by atoms with Crippen LogP contribution in [-0.2, 0) is 6.42 Å². The number of hydrogen-bond acceptors (Lipinski definition) is 1. The van der Waals surface area contributed by atoms with Crippen molar-refractivity contribution in [1.29, 1.82) is 0 Å². The third kappa shape index (κ3) is 3.89. The van der Waals surface area contributed by atoms with Gasteiger partial charge in [-0.2, -0.15) is 0 Å². The molecule has 0 radical (unpaired) electrons. The Bertz CT molecular complexity index is 657. The molecule has 23 heavy (non-hydrogen) atoms. The summed E-state index contributed by atoms with van der Waals surface area (Å²) in [5.74, 6) is 1.10. The van der Waals surface area contributed by atoms with E-state index in [1.165, 1.54) is 36.8 Å². The molecule has 2 heteroatoms. The van der Waals surface area contributed by atoms with E-state index in [4.69, 9.17) is 4.98 Å². The minimum atomic E-state index is 1.02. The van der Waals surface area contributed by atoms with Crippen LogP contribution >= 0.6 is 0 Å². The van der Waals surface area contributed by atoms with Crippen molar-refractivity contribution in [2.45, 2.75) is 39.0 Å². The minimum Gasteiger partial charge on any atom is -0.341 e. The highest BCUT2D eigenvalue weighted by atomic mass is 14.9. The van der Waals surface area contributed by atoms with Crippen molar-refractivity contribution in [1.82, 2.24) is 9.97 Å². The van der Waals surface area contributed by atoms with Crippen LogP contribution in [0.25, 0.3) is 22.5 Å². The number of aromatic amines is 1. The Labute approximate surface area is 138 Å². The van der Waals surface area contributed by atoms with E-state index in [-0.39, 0.29) is 0 Å². The van der Waals surface area contributed by atoms with Gasteiger partial charge in [-0.3, -0.25) is 0 Å². The molecule has 2 nitrogen and oxygen atoms in total. The van der Waals surface area contributed by atoms with Crippen LogP contribution in [-0.4, -0.2) is 9.97 Å². The van der Waals surface area contributed by atoms with Crippen LogP contribution in [0.1, 0.15) is 38.4 Å². The number of unbranched alkanes of at least 4 members (excludes halogenated alkanes) is 3. The first kappa shape index (κ1) is 15.5. The van der Waals surface area contributed by atoms with Crippen molar-refractivity contribution < 1.29 is 0 Å². The Balaban J connectivity index is 1.91. The maximum absolute atomic E-state index is 4.90. The van der Waals surface area contributed by atoms with E-state index in [1.807, 2.05) is 12.1 Å². The van der Waals surface area contributed by atoms with Crippen LogP contribution in [0.15, 0.2) is 60.7 Å². The summed E-state index contributed by atoms with van der Waals surface area (Å²) in [6.07, 6.45) is 6.06. The molecule has 0 unspecified atom stereocenters. The molecule has 0 aliphatic heterocycles. The topological polar surface area (TPSA) is 28.7 Å². The lowest BCUT2D eigenvalue weighted by atomic mass is 10.1. The number of nitrogens with zero attached hydrogens (tertiary/aromatic N) is 1. The lowest BCUT2D eigenvalue weighted by Gasteiger charge is -2.02. The summed E-state index contributed by atoms with van der Waals surface area (Å²) >= 11 is 0. The van der Waals surface area contributed by atoms with Gasteiger partial charge in [0.2, 0.25) is 0 Å². The van der Waals surface area contributed by atoms with Crippen molar-refractivity contribution in [3.05, 3.63) is 66.5 Å². The molecule has 118 valence electrons. The van der Waals surface area contributed by atoms with Gasteiger partial charge in [0.05, 0.1) is 11.4 Å². The molecule has 0 spiro atoms. The van der Waals surface area contributed by atoms with Gasteiger partial charge in [-0.05, 0) is 6.42 Å². The van der Waals surface area contributed by atoms with E-state index >= 15 is 0 Å². The fourth-order valence-electron chi connectivity index (χ4n) is 2.88. The van der Waals surface area contributed by atoms with E-state index in [2.05, 4.69) is 60.4 Å². The number of H-pyrrole nitrogens is 1. The predicted molar refractivity (Wildman–Crippen MR) is 97.3 cm³/mol. The van der Waals surface area contributed by atoms with E-state index in [0.29, 0.717) is 0 Å². The predicted octanol–water partition coefficient (Wildman–Crippen LogP) is 5.87. The molecule has 0 aliphatic carbocycles. The third-order valence-corrected chi connectivity index (χ3v) is 4.13. The highest BCUT2D eigenvalue weighted by Gasteiger charge is 2.13. The molecule has 1 aromatic heterocycles. The molecular weight excluding hydrogens is 280 g/mol. The molecule has 0 fully saturated rings. The van der Waals surface area contributed by atoms with Gasteiger partial charge in [0.25, 0.3) is 0 Å². The number of rotatable bonds is 7. The molecule has 0 atom stereocenters. The average Bonchev–Trinajstić information content (AvgIpc) is 3.05. The minimum absolute atomic E-state index is 1.02. The van der Waals surface area contributed by atoms with E-state index < -0.39 is 0 Å². The summed E-state index contributed by atoms with van der Waals surface area (Å²) in [6.45, 7) is 2.24. The fraction of sp³-hybridized carbons (Fsp3) is 0.286. The largest absolute Gasteiger partial charge is 0.341 e. The zero-order chi connectivity index (χ0) is 15.9. The average molecular weight is 304 g/mol.